The molecule has 0 atom stereocenters. The average Bonchev–Trinajstić information content (AvgIpc) is 3.35. The van der Waals surface area contributed by atoms with Gasteiger partial charge in [0.25, 0.3) is 11.8 Å². The third-order valence-electron chi connectivity index (χ3n) is 5.61. The number of aromatic nitrogens is 3. The summed E-state index contributed by atoms with van der Waals surface area (Å²) in [7, 11) is 0. The van der Waals surface area contributed by atoms with Crippen LogP contribution in [-0.4, -0.2) is 39.5 Å². The molecular weight excluding hydrogens is 537 g/mol. The second-order valence-electron chi connectivity index (χ2n) is 8.54. The van der Waals surface area contributed by atoms with Gasteiger partial charge in [-0.15, -0.1) is 5.10 Å². The molecule has 1 heterocycles. The Morgan fingerprint density at radius 1 is 0.875 bits per heavy atom. The number of amides is 2. The normalized spacial score (nSPS) is 11.3. The highest BCUT2D eigenvalue weighted by Crippen LogP contribution is 2.18. The molecule has 1 aromatic heterocycles. The standard InChI is InChI=1S/C27H22F5N5O3/c28-20-9-6-19(22(29)12-20)13-33-26(39)24-23(15-40-14-17-4-2-1-3-5-17)37(36-35-24)21-10-7-18(8-11-21)25(38)34-16-27(30,31)32/h1-12H,13-16H2,(H,33,39)(H,34,38). The molecule has 0 saturated heterocycles. The second-order valence-corrected chi connectivity index (χ2v) is 8.54. The van der Waals surface area contributed by atoms with Crippen molar-refractivity contribution >= 4 is 11.8 Å². The summed E-state index contributed by atoms with van der Waals surface area (Å²) in [5.41, 5.74) is 1.36. The Morgan fingerprint density at radius 2 is 1.60 bits per heavy atom. The van der Waals surface area contributed by atoms with Crippen molar-refractivity contribution in [2.75, 3.05) is 6.54 Å². The molecule has 2 amide bonds. The zero-order chi connectivity index (χ0) is 28.7. The lowest BCUT2D eigenvalue weighted by atomic mass is 10.2. The van der Waals surface area contributed by atoms with Crippen LogP contribution < -0.4 is 10.6 Å². The molecule has 3 aromatic carbocycles. The lowest BCUT2D eigenvalue weighted by Gasteiger charge is -2.11. The summed E-state index contributed by atoms with van der Waals surface area (Å²) < 4.78 is 71.5. The van der Waals surface area contributed by atoms with Crippen molar-refractivity contribution < 1.29 is 36.3 Å². The van der Waals surface area contributed by atoms with Crippen molar-refractivity contribution in [3.8, 4) is 5.69 Å². The van der Waals surface area contributed by atoms with E-state index in [2.05, 4.69) is 15.6 Å². The van der Waals surface area contributed by atoms with Gasteiger partial charge in [0, 0.05) is 23.7 Å². The number of halogens is 5. The molecule has 2 N–H and O–H groups in total. The van der Waals surface area contributed by atoms with Gasteiger partial charge in [-0.05, 0) is 35.9 Å². The Morgan fingerprint density at radius 3 is 2.27 bits per heavy atom. The minimum absolute atomic E-state index is 0.0192. The first-order chi connectivity index (χ1) is 19.1. The number of alkyl halides is 3. The van der Waals surface area contributed by atoms with Gasteiger partial charge in [0.2, 0.25) is 0 Å². The fourth-order valence-corrected chi connectivity index (χ4v) is 3.62. The minimum Gasteiger partial charge on any atom is -0.370 e. The number of ether oxygens (including phenoxy) is 1. The number of benzene rings is 3. The molecular formula is C27H22F5N5O3. The summed E-state index contributed by atoms with van der Waals surface area (Å²) in [4.78, 5) is 25.0. The Balaban J connectivity index is 1.54. The van der Waals surface area contributed by atoms with Crippen LogP contribution in [0.5, 0.6) is 0 Å². The highest BCUT2D eigenvalue weighted by atomic mass is 19.4. The molecule has 0 spiro atoms. The smallest absolute Gasteiger partial charge is 0.370 e. The first-order valence-corrected chi connectivity index (χ1v) is 11.8. The van der Waals surface area contributed by atoms with E-state index >= 15 is 0 Å². The van der Waals surface area contributed by atoms with E-state index in [1.54, 1.807) is 5.32 Å². The number of carbonyl (C=O) groups excluding carboxylic acids is 2. The van der Waals surface area contributed by atoms with Crippen molar-refractivity contribution in [1.29, 1.82) is 0 Å². The third kappa shape index (κ3) is 7.47. The summed E-state index contributed by atoms with van der Waals surface area (Å²) in [6.07, 6.45) is -4.55. The molecule has 0 unspecified atom stereocenters. The van der Waals surface area contributed by atoms with E-state index in [4.69, 9.17) is 4.74 Å². The largest absolute Gasteiger partial charge is 0.405 e. The number of rotatable bonds is 10. The monoisotopic (exact) mass is 559 g/mol. The van der Waals surface area contributed by atoms with E-state index in [0.717, 1.165) is 11.6 Å². The van der Waals surface area contributed by atoms with Crippen LogP contribution >= 0.6 is 0 Å². The molecule has 0 fully saturated rings. The van der Waals surface area contributed by atoms with Crippen LogP contribution in [0.4, 0.5) is 22.0 Å². The molecule has 0 saturated carbocycles. The van der Waals surface area contributed by atoms with Crippen LogP contribution in [0.3, 0.4) is 0 Å². The van der Waals surface area contributed by atoms with Crippen LogP contribution in [0.25, 0.3) is 5.69 Å². The predicted molar refractivity (Wildman–Crippen MR) is 132 cm³/mol. The summed E-state index contributed by atoms with van der Waals surface area (Å²) >= 11 is 0. The molecule has 208 valence electrons. The van der Waals surface area contributed by atoms with E-state index < -0.39 is 36.2 Å². The Hall–Kier alpha value is -4.65. The van der Waals surface area contributed by atoms with Gasteiger partial charge in [0.1, 0.15) is 23.9 Å². The van der Waals surface area contributed by atoms with Gasteiger partial charge in [0.05, 0.1) is 18.9 Å². The van der Waals surface area contributed by atoms with E-state index in [0.29, 0.717) is 11.8 Å². The fraction of sp³-hybridized carbons (Fsp3) is 0.185. The number of hydrogen-bond acceptors (Lipinski definition) is 5. The number of carbonyl (C=O) groups is 2. The molecule has 4 rings (SSSR count). The topological polar surface area (TPSA) is 98.1 Å². The van der Waals surface area contributed by atoms with Crippen molar-refractivity contribution in [3.63, 3.8) is 0 Å². The summed E-state index contributed by atoms with van der Waals surface area (Å²) in [5, 5.41) is 12.3. The average molecular weight is 559 g/mol. The van der Waals surface area contributed by atoms with Gasteiger partial charge in [-0.3, -0.25) is 9.59 Å². The zero-order valence-electron chi connectivity index (χ0n) is 20.7. The molecule has 0 aliphatic heterocycles. The van der Waals surface area contributed by atoms with Crippen molar-refractivity contribution in [2.45, 2.75) is 25.9 Å². The van der Waals surface area contributed by atoms with E-state index in [1.165, 1.54) is 35.0 Å². The lowest BCUT2D eigenvalue weighted by Crippen LogP contribution is -2.33. The molecule has 0 radical (unpaired) electrons. The van der Waals surface area contributed by atoms with Crippen molar-refractivity contribution in [3.05, 3.63) is 113 Å². The Labute approximate surface area is 224 Å². The van der Waals surface area contributed by atoms with Crippen LogP contribution in [0, 0.1) is 11.6 Å². The predicted octanol–water partition coefficient (Wildman–Crippen LogP) is 4.48. The maximum atomic E-state index is 14.0. The van der Waals surface area contributed by atoms with Gasteiger partial charge in [-0.25, -0.2) is 13.5 Å². The van der Waals surface area contributed by atoms with Gasteiger partial charge in [-0.2, -0.15) is 13.2 Å². The highest BCUT2D eigenvalue weighted by Gasteiger charge is 2.28. The van der Waals surface area contributed by atoms with Crippen LogP contribution in [0.2, 0.25) is 0 Å². The maximum absolute atomic E-state index is 14.0. The lowest BCUT2D eigenvalue weighted by molar-refractivity contribution is -0.123. The van der Waals surface area contributed by atoms with Gasteiger partial charge in [-0.1, -0.05) is 41.6 Å². The maximum Gasteiger partial charge on any atom is 0.405 e. The molecule has 4 aromatic rings. The molecule has 0 aliphatic carbocycles. The van der Waals surface area contributed by atoms with Crippen molar-refractivity contribution in [2.24, 2.45) is 0 Å². The quantitative estimate of drug-likeness (QED) is 0.279. The summed E-state index contributed by atoms with van der Waals surface area (Å²) in [6.45, 7) is -1.64. The van der Waals surface area contributed by atoms with Crippen molar-refractivity contribution in [1.82, 2.24) is 25.6 Å². The van der Waals surface area contributed by atoms with Crippen LogP contribution in [-0.2, 0) is 24.5 Å². The van der Waals surface area contributed by atoms with E-state index in [-0.39, 0.29) is 42.3 Å². The Bertz CT molecular complexity index is 1470. The second kappa shape index (κ2) is 12.5. The number of hydrogen-bond donors (Lipinski definition) is 2. The fourth-order valence-electron chi connectivity index (χ4n) is 3.62. The summed E-state index contributed by atoms with van der Waals surface area (Å²) in [6, 6.07) is 17.6. The molecule has 13 heteroatoms. The number of nitrogens with zero attached hydrogens (tertiary/aromatic N) is 3. The first kappa shape index (κ1) is 28.4. The SMILES string of the molecule is O=C(NCC(F)(F)F)c1ccc(-n2nnc(C(=O)NCc3ccc(F)cc3F)c2COCc2ccccc2)cc1. The van der Waals surface area contributed by atoms with Gasteiger partial charge in [0.15, 0.2) is 5.69 Å². The zero-order valence-corrected chi connectivity index (χ0v) is 20.7. The van der Waals surface area contributed by atoms with Gasteiger partial charge < -0.3 is 15.4 Å². The summed E-state index contributed by atoms with van der Waals surface area (Å²) in [5.74, 6) is -3.19. The van der Waals surface area contributed by atoms with Crippen LogP contribution in [0.15, 0.2) is 72.8 Å². The highest BCUT2D eigenvalue weighted by molar-refractivity contribution is 5.94. The molecule has 8 nitrogen and oxygen atoms in total. The molecule has 0 bridgehead atoms. The Kier molecular flexibility index (Phi) is 8.84. The third-order valence-corrected chi connectivity index (χ3v) is 5.61. The van der Waals surface area contributed by atoms with Crippen LogP contribution in [0.1, 0.15) is 37.7 Å². The number of nitrogens with one attached hydrogen (secondary N) is 2. The van der Waals surface area contributed by atoms with E-state index in [9.17, 15) is 31.5 Å². The van der Waals surface area contributed by atoms with E-state index in [1.807, 2.05) is 30.3 Å². The van der Waals surface area contributed by atoms with Gasteiger partial charge >= 0.3 is 6.18 Å². The first-order valence-electron chi connectivity index (χ1n) is 11.8. The molecule has 0 aliphatic rings. The molecule has 40 heavy (non-hydrogen) atoms. The minimum atomic E-state index is -4.55.